The Kier molecular flexibility index (Phi) is 5.45. The molecule has 0 spiro atoms. The Hall–Kier alpha value is -3.56. The first-order chi connectivity index (χ1) is 16.2. The minimum absolute atomic E-state index is 0.0604. The molecule has 1 aliphatic carbocycles. The molecular formula is C24H21F4N5O. The van der Waals surface area contributed by atoms with Gasteiger partial charge in [0.2, 0.25) is 0 Å². The van der Waals surface area contributed by atoms with Crippen molar-refractivity contribution in [2.24, 2.45) is 5.92 Å². The predicted molar refractivity (Wildman–Crippen MR) is 116 cm³/mol. The number of amides is 1. The monoisotopic (exact) mass is 471 g/mol. The van der Waals surface area contributed by atoms with Crippen LogP contribution in [-0.2, 0) is 6.18 Å². The third kappa shape index (κ3) is 3.86. The van der Waals surface area contributed by atoms with Gasteiger partial charge in [-0.3, -0.25) is 4.79 Å². The number of alkyl halides is 3. The van der Waals surface area contributed by atoms with Crippen LogP contribution in [0.5, 0.6) is 0 Å². The summed E-state index contributed by atoms with van der Waals surface area (Å²) in [5.41, 5.74) is -0.561. The fourth-order valence-corrected chi connectivity index (χ4v) is 5.09. The number of carbonyl (C=O) groups excluding carboxylic acids is 1. The van der Waals surface area contributed by atoms with Crippen LogP contribution in [-0.4, -0.2) is 51.4 Å². The molecule has 0 radical (unpaired) electrons. The number of hydrogen-bond donors (Lipinski definition) is 0. The van der Waals surface area contributed by atoms with Crippen LogP contribution in [0, 0.1) is 11.7 Å². The van der Waals surface area contributed by atoms with E-state index in [-0.39, 0.29) is 40.9 Å². The molecule has 5 rings (SSSR count). The number of benzene rings is 1. The standard InChI is InChI=1S/C24H21F4N5O/c1-32(20-7-6-15(12-31-20)24(26,27)28)18-10-14-11-19(18)33(13-14)23(34)16-4-2-5-17(25)21(16)22-29-8-3-9-30-22/h2-9,12,14,18-19H,10-11,13H2,1H3/t14-,18-,19+/m1/s1. The van der Waals surface area contributed by atoms with E-state index in [0.29, 0.717) is 12.4 Å². The van der Waals surface area contributed by atoms with Gasteiger partial charge >= 0.3 is 6.18 Å². The van der Waals surface area contributed by atoms with Gasteiger partial charge in [0.25, 0.3) is 5.91 Å². The highest BCUT2D eigenvalue weighted by Gasteiger charge is 2.49. The lowest BCUT2D eigenvalue weighted by Crippen LogP contribution is -2.51. The van der Waals surface area contributed by atoms with Crippen LogP contribution in [0.1, 0.15) is 28.8 Å². The third-order valence-electron chi connectivity index (χ3n) is 6.68. The van der Waals surface area contributed by atoms with E-state index >= 15 is 0 Å². The molecule has 2 bridgehead atoms. The molecule has 34 heavy (non-hydrogen) atoms. The number of hydrogen-bond acceptors (Lipinski definition) is 5. The highest BCUT2D eigenvalue weighted by molar-refractivity contribution is 6.00. The quantitative estimate of drug-likeness (QED) is 0.527. The fraction of sp³-hybridized carbons (Fsp3) is 0.333. The van der Waals surface area contributed by atoms with Crippen molar-refractivity contribution in [3.63, 3.8) is 0 Å². The molecule has 3 heterocycles. The largest absolute Gasteiger partial charge is 0.417 e. The Morgan fingerprint density at radius 2 is 1.82 bits per heavy atom. The number of aromatic nitrogens is 3. The Bertz CT molecular complexity index is 1200. The Balaban J connectivity index is 1.41. The highest BCUT2D eigenvalue weighted by Crippen LogP contribution is 2.42. The summed E-state index contributed by atoms with van der Waals surface area (Å²) in [6.45, 7) is 0.542. The van der Waals surface area contributed by atoms with Crippen molar-refractivity contribution in [2.75, 3.05) is 18.5 Å². The number of likely N-dealkylation sites (N-methyl/N-ethyl adjacent to an activating group) is 1. The number of anilines is 1. The molecule has 2 fully saturated rings. The lowest BCUT2D eigenvalue weighted by atomic mass is 10.0. The van der Waals surface area contributed by atoms with Gasteiger partial charge in [0.1, 0.15) is 11.6 Å². The van der Waals surface area contributed by atoms with Gasteiger partial charge in [-0.2, -0.15) is 13.2 Å². The number of fused-ring (bicyclic) bond motifs is 2. The lowest BCUT2D eigenvalue weighted by Gasteiger charge is -2.39. The number of piperidine rings is 1. The highest BCUT2D eigenvalue weighted by atomic mass is 19.4. The molecule has 10 heteroatoms. The third-order valence-corrected chi connectivity index (χ3v) is 6.68. The molecular weight excluding hydrogens is 450 g/mol. The molecule has 1 amide bonds. The van der Waals surface area contributed by atoms with Crippen LogP contribution in [0.3, 0.4) is 0 Å². The number of rotatable bonds is 4. The minimum Gasteiger partial charge on any atom is -0.355 e. The predicted octanol–water partition coefficient (Wildman–Crippen LogP) is 4.44. The first-order valence-electron chi connectivity index (χ1n) is 10.9. The normalized spacial score (nSPS) is 21.7. The van der Waals surface area contributed by atoms with Crippen molar-refractivity contribution in [3.05, 3.63) is 71.9 Å². The molecule has 1 aliphatic heterocycles. The second-order valence-corrected chi connectivity index (χ2v) is 8.68. The van der Waals surface area contributed by atoms with E-state index in [9.17, 15) is 22.4 Å². The van der Waals surface area contributed by atoms with Crippen molar-refractivity contribution in [1.82, 2.24) is 19.9 Å². The summed E-state index contributed by atoms with van der Waals surface area (Å²) in [6.07, 6.45) is 0.914. The van der Waals surface area contributed by atoms with Crippen molar-refractivity contribution < 1.29 is 22.4 Å². The Morgan fingerprint density at radius 1 is 1.06 bits per heavy atom. The second-order valence-electron chi connectivity index (χ2n) is 8.68. The van der Waals surface area contributed by atoms with Crippen LogP contribution in [0.4, 0.5) is 23.4 Å². The first-order valence-corrected chi connectivity index (χ1v) is 10.9. The molecule has 1 saturated heterocycles. The molecule has 2 aromatic heterocycles. The van der Waals surface area contributed by atoms with Crippen LogP contribution in [0.15, 0.2) is 55.0 Å². The summed E-state index contributed by atoms with van der Waals surface area (Å²) in [5.74, 6) is -0.101. The van der Waals surface area contributed by atoms with Gasteiger partial charge in [-0.05, 0) is 49.1 Å². The van der Waals surface area contributed by atoms with Gasteiger partial charge in [0.05, 0.1) is 28.8 Å². The van der Waals surface area contributed by atoms with Crippen molar-refractivity contribution in [3.8, 4) is 11.4 Å². The summed E-state index contributed by atoms with van der Waals surface area (Å²) >= 11 is 0. The van der Waals surface area contributed by atoms with Gasteiger partial charge in [0.15, 0.2) is 5.82 Å². The number of nitrogens with zero attached hydrogens (tertiary/aromatic N) is 5. The van der Waals surface area contributed by atoms with Gasteiger partial charge < -0.3 is 9.80 Å². The smallest absolute Gasteiger partial charge is 0.355 e. The summed E-state index contributed by atoms with van der Waals surface area (Å²) in [6, 6.07) is 8.01. The molecule has 6 nitrogen and oxygen atoms in total. The van der Waals surface area contributed by atoms with Crippen LogP contribution >= 0.6 is 0 Å². The molecule has 0 unspecified atom stereocenters. The lowest BCUT2D eigenvalue weighted by molar-refractivity contribution is -0.137. The van der Waals surface area contributed by atoms with Crippen LogP contribution in [0.25, 0.3) is 11.4 Å². The summed E-state index contributed by atoms with van der Waals surface area (Å²) in [5, 5.41) is 0. The average molecular weight is 471 g/mol. The van der Waals surface area contributed by atoms with Gasteiger partial charge in [-0.1, -0.05) is 6.07 Å². The van der Waals surface area contributed by atoms with Gasteiger partial charge in [-0.15, -0.1) is 0 Å². The van der Waals surface area contributed by atoms with E-state index in [1.807, 2.05) is 4.90 Å². The summed E-state index contributed by atoms with van der Waals surface area (Å²) in [7, 11) is 1.77. The van der Waals surface area contributed by atoms with E-state index in [2.05, 4.69) is 15.0 Å². The van der Waals surface area contributed by atoms with Crippen LogP contribution < -0.4 is 4.90 Å². The molecule has 0 N–H and O–H groups in total. The van der Waals surface area contributed by atoms with Crippen LogP contribution in [0.2, 0.25) is 0 Å². The zero-order valence-corrected chi connectivity index (χ0v) is 18.2. The average Bonchev–Trinajstić information content (AvgIpc) is 3.44. The van der Waals surface area contributed by atoms with E-state index < -0.39 is 17.6 Å². The number of carbonyl (C=O) groups is 1. The number of halogens is 4. The number of likely N-dealkylation sites (tertiary alicyclic amines) is 1. The summed E-state index contributed by atoms with van der Waals surface area (Å²) in [4.78, 5) is 29.4. The second kappa shape index (κ2) is 8.34. The first kappa shape index (κ1) is 22.2. The molecule has 1 aromatic carbocycles. The Labute approximate surface area is 193 Å². The molecule has 3 atom stereocenters. The van der Waals surface area contributed by atoms with E-state index in [1.54, 1.807) is 24.1 Å². The minimum atomic E-state index is -4.45. The SMILES string of the molecule is CN(c1ccc(C(F)(F)F)cn1)[C@@H]1C[C@@H]2C[C@@H]1N(C(=O)c1cccc(F)c1-c1ncccn1)C2. The number of pyridine rings is 1. The zero-order valence-electron chi connectivity index (χ0n) is 18.2. The zero-order chi connectivity index (χ0) is 24.0. The molecule has 3 aromatic rings. The van der Waals surface area contributed by atoms with Gasteiger partial charge in [0, 0.05) is 32.2 Å². The maximum Gasteiger partial charge on any atom is 0.417 e. The van der Waals surface area contributed by atoms with E-state index in [1.165, 1.54) is 30.6 Å². The Morgan fingerprint density at radius 3 is 2.47 bits per heavy atom. The molecule has 176 valence electrons. The van der Waals surface area contributed by atoms with Crippen molar-refractivity contribution in [2.45, 2.75) is 31.1 Å². The molecule has 2 aliphatic rings. The van der Waals surface area contributed by atoms with Crippen molar-refractivity contribution in [1.29, 1.82) is 0 Å². The van der Waals surface area contributed by atoms with E-state index in [0.717, 1.165) is 25.1 Å². The molecule has 1 saturated carbocycles. The van der Waals surface area contributed by atoms with Gasteiger partial charge in [-0.25, -0.2) is 19.3 Å². The maximum atomic E-state index is 14.8. The maximum absolute atomic E-state index is 14.8. The van der Waals surface area contributed by atoms with Crippen molar-refractivity contribution >= 4 is 11.7 Å². The fourth-order valence-electron chi connectivity index (χ4n) is 5.09. The summed E-state index contributed by atoms with van der Waals surface area (Å²) < 4.78 is 53.5. The van der Waals surface area contributed by atoms with E-state index in [4.69, 9.17) is 0 Å². The topological polar surface area (TPSA) is 62.2 Å².